The zero-order valence-corrected chi connectivity index (χ0v) is 11.5. The van der Waals surface area contributed by atoms with E-state index in [-0.39, 0.29) is 6.10 Å². The molecule has 0 saturated carbocycles. The maximum absolute atomic E-state index is 9.99. The van der Waals surface area contributed by atoms with Crippen molar-refractivity contribution in [3.05, 3.63) is 54.1 Å². The lowest BCUT2D eigenvalue weighted by Crippen LogP contribution is -2.27. The summed E-state index contributed by atoms with van der Waals surface area (Å²) in [6.45, 7) is 2.11. The molecule has 1 aliphatic heterocycles. The average molecular weight is 268 g/mol. The highest BCUT2D eigenvalue weighted by Gasteiger charge is 2.34. The SMILES string of the molecule is CCCC1OB(O)c2cc(Oc3ccccc3)ccc21. The molecule has 102 valence electrons. The van der Waals surface area contributed by atoms with Crippen molar-refractivity contribution in [2.24, 2.45) is 0 Å². The fraction of sp³-hybridized carbons (Fsp3) is 0.250. The number of hydrogen-bond donors (Lipinski definition) is 1. The molecule has 1 heterocycles. The van der Waals surface area contributed by atoms with E-state index in [0.717, 1.165) is 35.4 Å². The van der Waals surface area contributed by atoms with Crippen LogP contribution in [0.15, 0.2) is 48.5 Å². The van der Waals surface area contributed by atoms with Gasteiger partial charge in [-0.3, -0.25) is 0 Å². The summed E-state index contributed by atoms with van der Waals surface area (Å²) in [5, 5.41) is 9.99. The summed E-state index contributed by atoms with van der Waals surface area (Å²) in [6, 6.07) is 15.4. The molecule has 0 radical (unpaired) electrons. The molecule has 0 saturated heterocycles. The van der Waals surface area contributed by atoms with Crippen LogP contribution in [0.1, 0.15) is 31.4 Å². The molecule has 1 atom stereocenters. The van der Waals surface area contributed by atoms with E-state index < -0.39 is 7.12 Å². The second kappa shape index (κ2) is 5.69. The van der Waals surface area contributed by atoms with Crippen molar-refractivity contribution in [1.82, 2.24) is 0 Å². The van der Waals surface area contributed by atoms with E-state index in [4.69, 9.17) is 9.39 Å². The van der Waals surface area contributed by atoms with Crippen molar-refractivity contribution in [2.45, 2.75) is 25.9 Å². The zero-order chi connectivity index (χ0) is 13.9. The van der Waals surface area contributed by atoms with E-state index in [0.29, 0.717) is 0 Å². The quantitative estimate of drug-likeness (QED) is 0.866. The first-order valence-electron chi connectivity index (χ1n) is 6.98. The van der Waals surface area contributed by atoms with Crippen molar-refractivity contribution in [2.75, 3.05) is 0 Å². The van der Waals surface area contributed by atoms with Crippen LogP contribution in [-0.2, 0) is 4.65 Å². The Morgan fingerprint density at radius 3 is 2.70 bits per heavy atom. The lowest BCUT2D eigenvalue weighted by Gasteiger charge is -2.11. The lowest BCUT2D eigenvalue weighted by molar-refractivity contribution is 0.180. The van der Waals surface area contributed by atoms with Crippen molar-refractivity contribution in [3.8, 4) is 11.5 Å². The van der Waals surface area contributed by atoms with Crippen molar-refractivity contribution >= 4 is 12.6 Å². The van der Waals surface area contributed by atoms with Gasteiger partial charge >= 0.3 is 7.12 Å². The van der Waals surface area contributed by atoms with Gasteiger partial charge < -0.3 is 14.4 Å². The van der Waals surface area contributed by atoms with Gasteiger partial charge in [-0.2, -0.15) is 0 Å². The minimum atomic E-state index is -0.846. The highest BCUT2D eigenvalue weighted by Crippen LogP contribution is 2.30. The van der Waals surface area contributed by atoms with Gasteiger partial charge in [-0.05, 0) is 41.7 Å². The summed E-state index contributed by atoms with van der Waals surface area (Å²) in [5.41, 5.74) is 1.89. The van der Waals surface area contributed by atoms with Crippen LogP contribution in [0, 0.1) is 0 Å². The third-order valence-electron chi connectivity index (χ3n) is 3.49. The molecule has 0 aliphatic carbocycles. The Bertz CT molecular complexity index is 586. The second-order valence-corrected chi connectivity index (χ2v) is 4.97. The standard InChI is InChI=1S/C16H17BO3/c1-2-6-16-14-10-9-13(11-15(14)17(18)20-16)19-12-7-4-3-5-8-12/h3-5,7-11,16,18H,2,6H2,1H3. The van der Waals surface area contributed by atoms with E-state index in [1.165, 1.54) is 0 Å². The second-order valence-electron chi connectivity index (χ2n) is 4.97. The molecule has 1 aliphatic rings. The Hall–Kier alpha value is -1.78. The number of ether oxygens (including phenoxy) is 1. The van der Waals surface area contributed by atoms with Gasteiger partial charge in [0.15, 0.2) is 0 Å². The van der Waals surface area contributed by atoms with Crippen LogP contribution in [0.2, 0.25) is 0 Å². The molecular weight excluding hydrogens is 251 g/mol. The summed E-state index contributed by atoms with van der Waals surface area (Å²) in [5.74, 6) is 1.50. The Kier molecular flexibility index (Phi) is 3.76. The molecule has 1 N–H and O–H groups in total. The molecule has 2 aromatic carbocycles. The topological polar surface area (TPSA) is 38.7 Å². The molecule has 0 aromatic heterocycles. The van der Waals surface area contributed by atoms with E-state index in [9.17, 15) is 5.02 Å². The van der Waals surface area contributed by atoms with Crippen LogP contribution in [-0.4, -0.2) is 12.1 Å². The maximum atomic E-state index is 9.99. The molecule has 1 unspecified atom stereocenters. The molecule has 4 heteroatoms. The van der Waals surface area contributed by atoms with Crippen LogP contribution in [0.5, 0.6) is 11.5 Å². The van der Waals surface area contributed by atoms with Crippen LogP contribution in [0.25, 0.3) is 0 Å². The van der Waals surface area contributed by atoms with E-state index in [1.54, 1.807) is 0 Å². The highest BCUT2D eigenvalue weighted by atomic mass is 16.5. The van der Waals surface area contributed by atoms with Crippen LogP contribution < -0.4 is 10.2 Å². The van der Waals surface area contributed by atoms with Crippen molar-refractivity contribution in [3.63, 3.8) is 0 Å². The third-order valence-corrected chi connectivity index (χ3v) is 3.49. The van der Waals surface area contributed by atoms with Crippen LogP contribution in [0.4, 0.5) is 0 Å². The Balaban J connectivity index is 1.85. The Morgan fingerprint density at radius 2 is 1.95 bits per heavy atom. The molecular formula is C16H17BO3. The first kappa shape index (κ1) is 13.2. The summed E-state index contributed by atoms with van der Waals surface area (Å²) < 4.78 is 11.4. The van der Waals surface area contributed by atoms with Gasteiger partial charge in [0.2, 0.25) is 0 Å². The molecule has 0 bridgehead atoms. The molecule has 3 nitrogen and oxygen atoms in total. The fourth-order valence-corrected chi connectivity index (χ4v) is 2.54. The predicted octanol–water partition coefficient (Wildman–Crippen LogP) is 3.04. The first-order valence-corrected chi connectivity index (χ1v) is 6.98. The van der Waals surface area contributed by atoms with Crippen molar-refractivity contribution in [1.29, 1.82) is 0 Å². The summed E-state index contributed by atoms with van der Waals surface area (Å²) in [4.78, 5) is 0. The zero-order valence-electron chi connectivity index (χ0n) is 11.5. The number of hydrogen-bond acceptors (Lipinski definition) is 3. The number of benzene rings is 2. The molecule has 20 heavy (non-hydrogen) atoms. The smallest absolute Gasteiger partial charge is 0.457 e. The maximum Gasteiger partial charge on any atom is 0.492 e. The molecule has 0 amide bonds. The predicted molar refractivity (Wildman–Crippen MR) is 79.3 cm³/mol. The van der Waals surface area contributed by atoms with Crippen LogP contribution >= 0.6 is 0 Å². The van der Waals surface area contributed by atoms with E-state index >= 15 is 0 Å². The Morgan fingerprint density at radius 1 is 1.15 bits per heavy atom. The third kappa shape index (κ3) is 2.57. The number of fused-ring (bicyclic) bond motifs is 1. The van der Waals surface area contributed by atoms with Gasteiger partial charge in [-0.1, -0.05) is 37.6 Å². The van der Waals surface area contributed by atoms with Gasteiger partial charge in [0.25, 0.3) is 0 Å². The van der Waals surface area contributed by atoms with E-state index in [1.807, 2.05) is 48.5 Å². The number of para-hydroxylation sites is 1. The normalized spacial score (nSPS) is 17.1. The monoisotopic (exact) mass is 268 g/mol. The van der Waals surface area contributed by atoms with Crippen molar-refractivity contribution < 1.29 is 14.4 Å². The summed E-state index contributed by atoms with van der Waals surface area (Å²) in [7, 11) is -0.846. The lowest BCUT2D eigenvalue weighted by atomic mass is 9.79. The van der Waals surface area contributed by atoms with Gasteiger partial charge in [-0.25, -0.2) is 0 Å². The molecule has 0 spiro atoms. The Labute approximate surface area is 119 Å². The molecule has 0 fully saturated rings. The largest absolute Gasteiger partial charge is 0.492 e. The van der Waals surface area contributed by atoms with E-state index in [2.05, 4.69) is 6.92 Å². The van der Waals surface area contributed by atoms with Crippen LogP contribution in [0.3, 0.4) is 0 Å². The highest BCUT2D eigenvalue weighted by molar-refractivity contribution is 6.61. The van der Waals surface area contributed by atoms with Gasteiger partial charge in [0, 0.05) is 0 Å². The van der Waals surface area contributed by atoms with Gasteiger partial charge in [-0.15, -0.1) is 0 Å². The minimum Gasteiger partial charge on any atom is -0.457 e. The average Bonchev–Trinajstić information content (AvgIpc) is 2.77. The minimum absolute atomic E-state index is 0.00391. The van der Waals surface area contributed by atoms with Gasteiger partial charge in [0.05, 0.1) is 6.10 Å². The summed E-state index contributed by atoms with van der Waals surface area (Å²) in [6.07, 6.45) is 1.94. The number of rotatable bonds is 4. The molecule has 3 rings (SSSR count). The summed E-state index contributed by atoms with van der Waals surface area (Å²) >= 11 is 0. The first-order chi connectivity index (χ1) is 9.78. The van der Waals surface area contributed by atoms with Gasteiger partial charge in [0.1, 0.15) is 11.5 Å². The fourth-order valence-electron chi connectivity index (χ4n) is 2.54. The molecule has 2 aromatic rings.